The van der Waals surface area contributed by atoms with Crippen molar-refractivity contribution >= 4 is 19.8 Å². The number of hydrogen-bond donors (Lipinski definition) is 1. The molecule has 10 heteroatoms. The Balaban J connectivity index is 4.06. The van der Waals surface area contributed by atoms with Crippen LogP contribution >= 0.6 is 7.82 Å². The van der Waals surface area contributed by atoms with E-state index in [9.17, 15) is 19.0 Å². The number of phosphoric acid groups is 1. The lowest BCUT2D eigenvalue weighted by atomic mass is 10.0. The molecule has 0 fully saturated rings. The zero-order chi connectivity index (χ0) is 57.7. The van der Waals surface area contributed by atoms with E-state index in [0.29, 0.717) is 17.4 Å². The Hall–Kier alpha value is -3.59. The van der Waals surface area contributed by atoms with Gasteiger partial charge in [0.05, 0.1) is 27.7 Å². The molecule has 0 radical (unpaired) electrons. The van der Waals surface area contributed by atoms with Crippen molar-refractivity contribution in [2.75, 3.05) is 47.5 Å². The van der Waals surface area contributed by atoms with Gasteiger partial charge in [0.25, 0.3) is 0 Å². The van der Waals surface area contributed by atoms with E-state index in [2.05, 4.69) is 135 Å². The fourth-order valence-electron chi connectivity index (χ4n) is 8.40. The summed E-state index contributed by atoms with van der Waals surface area (Å²) in [6, 6.07) is 0. The number of esters is 2. The number of ether oxygens (including phenoxy) is 2. The minimum Gasteiger partial charge on any atom is -0.462 e. The summed E-state index contributed by atoms with van der Waals surface area (Å²) in [6.07, 6.45) is 84.3. The molecule has 1 N–H and O–H groups in total. The summed E-state index contributed by atoms with van der Waals surface area (Å²) in [4.78, 5) is 35.7. The van der Waals surface area contributed by atoms with Gasteiger partial charge in [-0.05, 0) is 89.9 Å². The van der Waals surface area contributed by atoms with E-state index in [1.54, 1.807) is 0 Å². The maximum Gasteiger partial charge on any atom is 0.472 e. The van der Waals surface area contributed by atoms with Crippen molar-refractivity contribution < 1.29 is 42.1 Å². The minimum absolute atomic E-state index is 0.0274. The monoisotopic (exact) mass is 1120 g/mol. The van der Waals surface area contributed by atoms with Crippen molar-refractivity contribution in [3.63, 3.8) is 0 Å². The molecule has 0 bridgehead atoms. The zero-order valence-corrected chi connectivity index (χ0v) is 52.2. The highest BCUT2D eigenvalue weighted by Gasteiger charge is 2.27. The molecule has 0 saturated heterocycles. The molecule has 452 valence electrons. The summed E-state index contributed by atoms with van der Waals surface area (Å²) < 4.78 is 34.6. The number of likely N-dealkylation sites (N-methyl/N-ethyl adjacent to an activating group) is 1. The van der Waals surface area contributed by atoms with Crippen LogP contribution in [0, 0.1) is 0 Å². The lowest BCUT2D eigenvalue weighted by Gasteiger charge is -2.24. The van der Waals surface area contributed by atoms with Crippen molar-refractivity contribution in [1.29, 1.82) is 0 Å². The van der Waals surface area contributed by atoms with Crippen LogP contribution < -0.4 is 0 Å². The van der Waals surface area contributed by atoms with Gasteiger partial charge in [-0.25, -0.2) is 4.57 Å². The van der Waals surface area contributed by atoms with Crippen molar-refractivity contribution in [3.8, 4) is 0 Å². The number of hydrogen-bond acceptors (Lipinski definition) is 7. The van der Waals surface area contributed by atoms with E-state index < -0.39 is 26.5 Å². The highest BCUT2D eigenvalue weighted by atomic mass is 31.2. The number of phosphoric ester groups is 1. The predicted octanol–water partition coefficient (Wildman–Crippen LogP) is 20.3. The molecule has 2 unspecified atom stereocenters. The van der Waals surface area contributed by atoms with E-state index in [4.69, 9.17) is 18.5 Å². The Morgan fingerprint density at radius 3 is 1.08 bits per heavy atom. The van der Waals surface area contributed by atoms with Crippen molar-refractivity contribution in [2.24, 2.45) is 0 Å². The highest BCUT2D eigenvalue weighted by Crippen LogP contribution is 2.43. The average Bonchev–Trinajstić information content (AvgIpc) is 3.41. The fraction of sp³-hybridized carbons (Fsp3) is 0.681. The number of allylic oxidation sites excluding steroid dienone is 20. The van der Waals surface area contributed by atoms with Gasteiger partial charge in [0.2, 0.25) is 0 Å². The quantitative estimate of drug-likeness (QED) is 0.0211. The van der Waals surface area contributed by atoms with Crippen molar-refractivity contribution in [2.45, 2.75) is 258 Å². The maximum atomic E-state index is 12.8. The lowest BCUT2D eigenvalue weighted by Crippen LogP contribution is -2.37. The molecular weight excluding hydrogens is 1000 g/mol. The molecule has 0 aromatic carbocycles. The summed E-state index contributed by atoms with van der Waals surface area (Å²) in [6.45, 7) is 4.32. The molecule has 0 aromatic rings. The minimum atomic E-state index is -4.39. The molecule has 0 heterocycles. The number of unbranched alkanes of at least 4 members (excludes halogenated alkanes) is 23. The van der Waals surface area contributed by atoms with Gasteiger partial charge in [-0.1, -0.05) is 270 Å². The Morgan fingerprint density at radius 1 is 0.405 bits per heavy atom. The third-order valence-corrected chi connectivity index (χ3v) is 14.2. The standard InChI is InChI=1S/C69H118NO8P/c1-6-8-10-12-14-16-18-20-22-23-24-25-26-27-28-29-30-31-32-33-34-35-36-37-38-39-40-41-42-43-44-45-46-47-48-50-52-54-56-58-60-62-69(72)78-67(66-77-79(73,74)76-64-63-70(3,4)5)65-75-68(71)61-59-57-55-53-51-49-21-19-17-15-13-11-9-7-2/h8,10,14,16,20,22,24-25,27-28,30-31,33-34,36-37,39-40,42-43,67H,6-7,9,11-13,15,17-19,21,23,26,29,32,35,38,41,44-66H2,1-5H3/p+1/b10-8-,16-14-,22-20-,25-24-,28-27-,31-30-,34-33-,37-36-,40-39-,43-42-. The average molecular weight is 1120 g/mol. The number of nitrogens with zero attached hydrogens (tertiary/aromatic N) is 1. The molecule has 0 rings (SSSR count). The SMILES string of the molecule is CC/C=C\C/C=C\C/C=C\C/C=C\C/C=C\C/C=C\C/C=C\C/C=C\C/C=C\C/C=C\CCCCCCCCCCCCC(=O)OC(COC(=O)CCCCCCCCCCCCCCCC)COP(=O)(O)OCC[N+](C)(C)C. The third kappa shape index (κ3) is 63.5. The molecule has 0 aromatic heterocycles. The fourth-order valence-corrected chi connectivity index (χ4v) is 9.14. The largest absolute Gasteiger partial charge is 0.472 e. The van der Waals surface area contributed by atoms with E-state index in [-0.39, 0.29) is 32.0 Å². The molecule has 0 spiro atoms. The third-order valence-electron chi connectivity index (χ3n) is 13.3. The van der Waals surface area contributed by atoms with Crippen LogP contribution in [0.25, 0.3) is 0 Å². The number of carbonyl (C=O) groups is 2. The Morgan fingerprint density at radius 2 is 0.722 bits per heavy atom. The second kappa shape index (κ2) is 59.0. The van der Waals surface area contributed by atoms with Gasteiger partial charge in [-0.3, -0.25) is 18.6 Å². The lowest BCUT2D eigenvalue weighted by molar-refractivity contribution is -0.870. The number of rotatable bonds is 57. The van der Waals surface area contributed by atoms with Gasteiger partial charge in [-0.2, -0.15) is 0 Å². The van der Waals surface area contributed by atoms with Gasteiger partial charge in [0.15, 0.2) is 6.10 Å². The van der Waals surface area contributed by atoms with Crippen LogP contribution in [0.5, 0.6) is 0 Å². The smallest absolute Gasteiger partial charge is 0.462 e. The summed E-state index contributed by atoms with van der Waals surface area (Å²) in [5.41, 5.74) is 0. The van der Waals surface area contributed by atoms with Crippen LogP contribution in [0.4, 0.5) is 0 Å². The molecule has 0 aliphatic carbocycles. The summed E-state index contributed by atoms with van der Waals surface area (Å²) in [5, 5.41) is 0. The van der Waals surface area contributed by atoms with E-state index in [0.717, 1.165) is 109 Å². The first-order chi connectivity index (χ1) is 38.5. The first-order valence-corrected chi connectivity index (χ1v) is 33.3. The van der Waals surface area contributed by atoms with E-state index >= 15 is 0 Å². The van der Waals surface area contributed by atoms with Gasteiger partial charge < -0.3 is 18.9 Å². The second-order valence-electron chi connectivity index (χ2n) is 22.1. The molecule has 0 saturated carbocycles. The van der Waals surface area contributed by atoms with Crippen molar-refractivity contribution in [1.82, 2.24) is 0 Å². The molecule has 2 atom stereocenters. The Labute approximate surface area is 486 Å². The molecular formula is C69H119NO8P+. The van der Waals surface area contributed by atoms with Gasteiger partial charge in [0, 0.05) is 12.8 Å². The van der Waals surface area contributed by atoms with Crippen LogP contribution in [0.2, 0.25) is 0 Å². The summed E-state index contributed by atoms with van der Waals surface area (Å²) >= 11 is 0. The van der Waals surface area contributed by atoms with E-state index in [1.807, 2.05) is 21.1 Å². The number of quaternary nitrogens is 1. The summed E-state index contributed by atoms with van der Waals surface area (Å²) in [5.74, 6) is -0.802. The van der Waals surface area contributed by atoms with Crippen LogP contribution in [0.1, 0.15) is 251 Å². The van der Waals surface area contributed by atoms with Crippen LogP contribution in [-0.2, 0) is 32.7 Å². The number of carbonyl (C=O) groups excluding carboxylic acids is 2. The molecule has 9 nitrogen and oxygen atoms in total. The molecule has 79 heavy (non-hydrogen) atoms. The highest BCUT2D eigenvalue weighted by molar-refractivity contribution is 7.47. The van der Waals surface area contributed by atoms with Gasteiger partial charge >= 0.3 is 19.8 Å². The molecule has 0 aliphatic rings. The van der Waals surface area contributed by atoms with Gasteiger partial charge in [0.1, 0.15) is 19.8 Å². The van der Waals surface area contributed by atoms with Crippen LogP contribution in [0.15, 0.2) is 122 Å². The zero-order valence-electron chi connectivity index (χ0n) is 51.3. The van der Waals surface area contributed by atoms with Gasteiger partial charge in [-0.15, -0.1) is 0 Å². The van der Waals surface area contributed by atoms with Crippen LogP contribution in [0.3, 0.4) is 0 Å². The topological polar surface area (TPSA) is 108 Å². The first kappa shape index (κ1) is 75.4. The predicted molar refractivity (Wildman–Crippen MR) is 339 cm³/mol. The Kier molecular flexibility index (Phi) is 56.4. The maximum absolute atomic E-state index is 12.8. The normalized spacial score (nSPS) is 14.1. The van der Waals surface area contributed by atoms with E-state index in [1.165, 1.54) is 109 Å². The Bertz CT molecular complexity index is 1750. The molecule has 0 aliphatic heterocycles. The summed E-state index contributed by atoms with van der Waals surface area (Å²) in [7, 11) is 1.47. The first-order valence-electron chi connectivity index (χ1n) is 31.8. The second-order valence-corrected chi connectivity index (χ2v) is 23.5. The van der Waals surface area contributed by atoms with Crippen molar-refractivity contribution in [3.05, 3.63) is 122 Å². The van der Waals surface area contributed by atoms with Crippen LogP contribution in [-0.4, -0.2) is 74.9 Å². The molecule has 0 amide bonds.